The minimum atomic E-state index is 0.232. The summed E-state index contributed by atoms with van der Waals surface area (Å²) >= 11 is 0. The van der Waals surface area contributed by atoms with Gasteiger partial charge in [0.1, 0.15) is 11.6 Å². The number of imidazole rings is 1. The van der Waals surface area contributed by atoms with Crippen LogP contribution in [0.3, 0.4) is 0 Å². The Morgan fingerprint density at radius 2 is 2.19 bits per heavy atom. The molecular formula is C13H20N2O. The van der Waals surface area contributed by atoms with Crippen molar-refractivity contribution in [1.29, 1.82) is 0 Å². The number of carbonyl (C=O) groups excluding carboxylic acids is 1. The van der Waals surface area contributed by atoms with Gasteiger partial charge in [0, 0.05) is 30.7 Å². The molecule has 3 nitrogen and oxygen atoms in total. The van der Waals surface area contributed by atoms with E-state index in [0.29, 0.717) is 12.3 Å². The van der Waals surface area contributed by atoms with E-state index in [-0.39, 0.29) is 5.78 Å². The van der Waals surface area contributed by atoms with Crippen molar-refractivity contribution < 1.29 is 4.79 Å². The molecule has 0 atom stereocenters. The molecule has 0 spiro atoms. The minimum absolute atomic E-state index is 0.232. The number of aryl methyl sites for hydroxylation is 1. The standard InChI is InChI=1S/C13H20N2O/c1-10(16)7-8-13-14-9-12(15-13)11-5-3-2-4-6-11/h9,11H,2-8H2,1H3,(H,14,15). The van der Waals surface area contributed by atoms with Gasteiger partial charge < -0.3 is 9.78 Å². The summed E-state index contributed by atoms with van der Waals surface area (Å²) in [6, 6.07) is 0. The summed E-state index contributed by atoms with van der Waals surface area (Å²) in [4.78, 5) is 18.6. The van der Waals surface area contributed by atoms with Crippen LogP contribution in [0.4, 0.5) is 0 Å². The van der Waals surface area contributed by atoms with E-state index in [9.17, 15) is 4.79 Å². The number of hydrogen-bond donors (Lipinski definition) is 1. The van der Waals surface area contributed by atoms with Gasteiger partial charge in [0.15, 0.2) is 0 Å². The van der Waals surface area contributed by atoms with Gasteiger partial charge in [-0.1, -0.05) is 19.3 Å². The number of hydrogen-bond acceptors (Lipinski definition) is 2. The molecule has 88 valence electrons. The molecule has 0 saturated heterocycles. The van der Waals surface area contributed by atoms with Crippen LogP contribution in [0.1, 0.15) is 62.9 Å². The maximum absolute atomic E-state index is 10.9. The molecule has 2 rings (SSSR count). The molecule has 1 N–H and O–H groups in total. The molecule has 3 heteroatoms. The quantitative estimate of drug-likeness (QED) is 0.847. The Morgan fingerprint density at radius 1 is 1.44 bits per heavy atom. The molecule has 1 aromatic heterocycles. The van der Waals surface area contributed by atoms with Crippen LogP contribution in [0.2, 0.25) is 0 Å². The zero-order valence-electron chi connectivity index (χ0n) is 9.96. The van der Waals surface area contributed by atoms with E-state index < -0.39 is 0 Å². The molecule has 0 unspecified atom stereocenters. The predicted octanol–water partition coefficient (Wildman–Crippen LogP) is 2.98. The lowest BCUT2D eigenvalue weighted by Gasteiger charge is -2.19. The third-order valence-corrected chi connectivity index (χ3v) is 3.41. The fourth-order valence-corrected chi connectivity index (χ4v) is 2.42. The van der Waals surface area contributed by atoms with Gasteiger partial charge in [-0.15, -0.1) is 0 Å². The van der Waals surface area contributed by atoms with Crippen molar-refractivity contribution in [2.75, 3.05) is 0 Å². The molecule has 1 aromatic rings. The van der Waals surface area contributed by atoms with Crippen LogP contribution < -0.4 is 0 Å². The fourth-order valence-electron chi connectivity index (χ4n) is 2.42. The Kier molecular flexibility index (Phi) is 3.75. The molecule has 1 fully saturated rings. The van der Waals surface area contributed by atoms with E-state index in [1.54, 1.807) is 6.92 Å². The lowest BCUT2D eigenvalue weighted by molar-refractivity contribution is -0.117. The summed E-state index contributed by atoms with van der Waals surface area (Å²) < 4.78 is 0. The second kappa shape index (κ2) is 5.28. The largest absolute Gasteiger partial charge is 0.346 e. The molecule has 1 heterocycles. The molecule has 0 aliphatic heterocycles. The highest BCUT2D eigenvalue weighted by Crippen LogP contribution is 2.31. The Bertz CT molecular complexity index is 351. The van der Waals surface area contributed by atoms with E-state index >= 15 is 0 Å². The van der Waals surface area contributed by atoms with E-state index in [4.69, 9.17) is 0 Å². The summed E-state index contributed by atoms with van der Waals surface area (Å²) in [7, 11) is 0. The Labute approximate surface area is 96.7 Å². The van der Waals surface area contributed by atoms with E-state index in [1.807, 2.05) is 6.20 Å². The van der Waals surface area contributed by atoms with E-state index in [1.165, 1.54) is 37.8 Å². The number of Topliss-reactive ketones (excluding diaryl/α,β-unsaturated/α-hetero) is 1. The maximum atomic E-state index is 10.9. The molecular weight excluding hydrogens is 200 g/mol. The highest BCUT2D eigenvalue weighted by atomic mass is 16.1. The van der Waals surface area contributed by atoms with Crippen molar-refractivity contribution in [2.45, 2.75) is 57.8 Å². The molecule has 0 aromatic carbocycles. The number of rotatable bonds is 4. The molecule has 0 amide bonds. The van der Waals surface area contributed by atoms with Crippen molar-refractivity contribution in [3.63, 3.8) is 0 Å². The van der Waals surface area contributed by atoms with Crippen LogP contribution in [0.5, 0.6) is 0 Å². The molecule has 1 saturated carbocycles. The van der Waals surface area contributed by atoms with E-state index in [0.717, 1.165) is 12.2 Å². The third-order valence-electron chi connectivity index (χ3n) is 3.41. The normalized spacial score (nSPS) is 17.6. The summed E-state index contributed by atoms with van der Waals surface area (Å²) in [5.41, 5.74) is 1.28. The van der Waals surface area contributed by atoms with Crippen molar-refractivity contribution in [3.05, 3.63) is 17.7 Å². The maximum Gasteiger partial charge on any atom is 0.130 e. The van der Waals surface area contributed by atoms with Crippen molar-refractivity contribution in [2.24, 2.45) is 0 Å². The predicted molar refractivity (Wildman–Crippen MR) is 63.4 cm³/mol. The van der Waals surface area contributed by atoms with Crippen molar-refractivity contribution in [3.8, 4) is 0 Å². The van der Waals surface area contributed by atoms with Crippen LogP contribution in [0.25, 0.3) is 0 Å². The first-order chi connectivity index (χ1) is 7.75. The Hall–Kier alpha value is -1.12. The van der Waals surface area contributed by atoms with E-state index in [2.05, 4.69) is 9.97 Å². The first-order valence-electron chi connectivity index (χ1n) is 6.29. The number of aromatic nitrogens is 2. The Balaban J connectivity index is 1.93. The number of nitrogens with one attached hydrogen (secondary N) is 1. The summed E-state index contributed by atoms with van der Waals surface area (Å²) in [5.74, 6) is 1.87. The minimum Gasteiger partial charge on any atom is -0.346 e. The van der Waals surface area contributed by atoms with Gasteiger partial charge in [0.05, 0.1) is 0 Å². The van der Waals surface area contributed by atoms with Crippen LogP contribution >= 0.6 is 0 Å². The zero-order valence-corrected chi connectivity index (χ0v) is 9.96. The first-order valence-corrected chi connectivity index (χ1v) is 6.29. The van der Waals surface area contributed by atoms with Gasteiger partial charge >= 0.3 is 0 Å². The lowest BCUT2D eigenvalue weighted by Crippen LogP contribution is -2.05. The van der Waals surface area contributed by atoms with Crippen LogP contribution in [0.15, 0.2) is 6.20 Å². The van der Waals surface area contributed by atoms with Gasteiger partial charge in [-0.05, 0) is 19.8 Å². The number of carbonyl (C=O) groups is 1. The molecule has 0 radical (unpaired) electrons. The highest BCUT2D eigenvalue weighted by Gasteiger charge is 2.17. The lowest BCUT2D eigenvalue weighted by atomic mass is 9.87. The monoisotopic (exact) mass is 220 g/mol. The van der Waals surface area contributed by atoms with Gasteiger partial charge in [0.2, 0.25) is 0 Å². The average Bonchev–Trinajstić information content (AvgIpc) is 2.76. The number of aromatic amines is 1. The third kappa shape index (κ3) is 2.94. The molecule has 1 aliphatic rings. The summed E-state index contributed by atoms with van der Waals surface area (Å²) in [5, 5.41) is 0. The number of H-pyrrole nitrogens is 1. The second-order valence-electron chi connectivity index (χ2n) is 4.82. The average molecular weight is 220 g/mol. The molecule has 16 heavy (non-hydrogen) atoms. The fraction of sp³-hybridized carbons (Fsp3) is 0.692. The van der Waals surface area contributed by atoms with Gasteiger partial charge in [-0.2, -0.15) is 0 Å². The van der Waals surface area contributed by atoms with Gasteiger partial charge in [0.25, 0.3) is 0 Å². The van der Waals surface area contributed by atoms with Crippen LogP contribution in [-0.2, 0) is 11.2 Å². The van der Waals surface area contributed by atoms with Gasteiger partial charge in [-0.3, -0.25) is 0 Å². The van der Waals surface area contributed by atoms with Crippen LogP contribution in [0, 0.1) is 0 Å². The highest BCUT2D eigenvalue weighted by molar-refractivity contribution is 5.75. The second-order valence-corrected chi connectivity index (χ2v) is 4.82. The first kappa shape index (κ1) is 11.4. The van der Waals surface area contributed by atoms with Gasteiger partial charge in [-0.25, -0.2) is 4.98 Å². The summed E-state index contributed by atoms with van der Waals surface area (Å²) in [6.45, 7) is 1.63. The Morgan fingerprint density at radius 3 is 2.88 bits per heavy atom. The van der Waals surface area contributed by atoms with Crippen molar-refractivity contribution in [1.82, 2.24) is 9.97 Å². The zero-order chi connectivity index (χ0) is 11.4. The van der Waals surface area contributed by atoms with Crippen LogP contribution in [-0.4, -0.2) is 15.8 Å². The number of nitrogens with zero attached hydrogens (tertiary/aromatic N) is 1. The van der Waals surface area contributed by atoms with Crippen molar-refractivity contribution >= 4 is 5.78 Å². The number of ketones is 1. The topological polar surface area (TPSA) is 45.8 Å². The molecule has 1 aliphatic carbocycles. The molecule has 0 bridgehead atoms. The smallest absolute Gasteiger partial charge is 0.130 e. The summed E-state index contributed by atoms with van der Waals surface area (Å²) in [6.07, 6.45) is 9.94. The SMILES string of the molecule is CC(=O)CCc1ncc(C2CCCCC2)[nH]1.